The fourth-order valence-electron chi connectivity index (χ4n) is 8.62. The number of aromatic amines is 1. The molecule has 4 heterocycles. The summed E-state index contributed by atoms with van der Waals surface area (Å²) in [5.41, 5.74) is 2.09. The average molecular weight is 832 g/mol. The molecule has 0 saturated carbocycles. The molecule has 1 saturated heterocycles. The van der Waals surface area contributed by atoms with E-state index >= 15 is 13.2 Å². The van der Waals surface area contributed by atoms with Gasteiger partial charge in [-0.25, -0.2) is 22.0 Å². The van der Waals surface area contributed by atoms with Gasteiger partial charge in [-0.1, -0.05) is 91.0 Å². The summed E-state index contributed by atoms with van der Waals surface area (Å²) in [6.45, 7) is -0.283. The molecule has 2 aliphatic heterocycles. The molecule has 61 heavy (non-hydrogen) atoms. The highest BCUT2D eigenvalue weighted by Gasteiger charge is 2.50. The van der Waals surface area contributed by atoms with Crippen molar-refractivity contribution in [2.24, 2.45) is 0 Å². The molecule has 8 aromatic rings. The van der Waals surface area contributed by atoms with Crippen LogP contribution in [0.1, 0.15) is 43.6 Å². The topological polar surface area (TPSA) is 104 Å². The van der Waals surface area contributed by atoms with Gasteiger partial charge in [0.1, 0.15) is 18.3 Å². The van der Waals surface area contributed by atoms with Gasteiger partial charge in [-0.3, -0.25) is 14.9 Å². The first-order chi connectivity index (χ1) is 29.7. The number of rotatable bonds is 11. The van der Waals surface area contributed by atoms with E-state index in [0.29, 0.717) is 0 Å². The van der Waals surface area contributed by atoms with Crippen LogP contribution in [0.4, 0.5) is 22.0 Å². The first-order valence-electron chi connectivity index (χ1n) is 19.5. The van der Waals surface area contributed by atoms with Crippen LogP contribution in [-0.4, -0.2) is 52.5 Å². The van der Waals surface area contributed by atoms with Crippen molar-refractivity contribution in [2.75, 3.05) is 6.61 Å². The monoisotopic (exact) mass is 831 g/mol. The second-order valence-corrected chi connectivity index (χ2v) is 15.1. The molecule has 0 spiro atoms. The molecule has 9 nitrogen and oxygen atoms in total. The highest BCUT2D eigenvalue weighted by atomic mass is 19.2. The Balaban J connectivity index is 1.23. The van der Waals surface area contributed by atoms with Crippen molar-refractivity contribution < 1.29 is 50.5 Å². The molecule has 0 bridgehead atoms. The number of alkyl halides is 1. The Morgan fingerprint density at radius 3 is 1.77 bits per heavy atom. The van der Waals surface area contributed by atoms with Gasteiger partial charge in [-0.2, -0.15) is 0 Å². The van der Waals surface area contributed by atoms with E-state index in [1.807, 2.05) is 91.0 Å². The molecule has 14 heteroatoms. The number of halogens is 5. The van der Waals surface area contributed by atoms with Gasteiger partial charge in [0.05, 0.1) is 54.1 Å². The number of hydrogen-bond donors (Lipinski definition) is 2. The van der Waals surface area contributed by atoms with E-state index in [1.165, 1.54) is 4.57 Å². The van der Waals surface area contributed by atoms with Gasteiger partial charge in [-0.05, 0) is 28.8 Å². The predicted octanol–water partition coefficient (Wildman–Crippen LogP) is 9.49. The Bertz CT molecular complexity index is 3000. The molecule has 1 fully saturated rings. The molecule has 308 valence electrons. The van der Waals surface area contributed by atoms with Gasteiger partial charge >= 0.3 is 0 Å². The first kappa shape index (κ1) is 38.7. The summed E-state index contributed by atoms with van der Waals surface area (Å²) in [5.74, 6) is -6.60. The summed E-state index contributed by atoms with van der Waals surface area (Å²) in [7, 11) is 0. The van der Waals surface area contributed by atoms with Gasteiger partial charge in [0.15, 0.2) is 35.7 Å². The number of H-pyrrole nitrogens is 1. The van der Waals surface area contributed by atoms with Crippen LogP contribution >= 0.6 is 0 Å². The maximum absolute atomic E-state index is 17.3. The van der Waals surface area contributed by atoms with E-state index in [-0.39, 0.29) is 81.2 Å². The molecule has 5 atom stereocenters. The van der Waals surface area contributed by atoms with Crippen LogP contribution in [0, 0.1) is 23.3 Å². The largest absolute Gasteiger partial charge is 0.374 e. The number of fused-ring (bicyclic) bond motifs is 10. The summed E-state index contributed by atoms with van der Waals surface area (Å²) in [6, 6.07) is 31.1. The third-order valence-electron chi connectivity index (χ3n) is 11.4. The summed E-state index contributed by atoms with van der Waals surface area (Å²) < 4.78 is 106. The van der Waals surface area contributed by atoms with Gasteiger partial charge in [0.25, 0.3) is 11.8 Å². The van der Waals surface area contributed by atoms with Gasteiger partial charge in [-0.15, -0.1) is 0 Å². The molecule has 5 unspecified atom stereocenters. The molecular formula is C47H34F5N3O6. The van der Waals surface area contributed by atoms with Crippen LogP contribution < -0.4 is 5.32 Å². The number of aromatic nitrogens is 2. The second-order valence-electron chi connectivity index (χ2n) is 15.1. The minimum atomic E-state index is -1.87. The van der Waals surface area contributed by atoms with E-state index in [4.69, 9.17) is 18.9 Å². The smallest absolute Gasteiger partial charge is 0.259 e. The van der Waals surface area contributed by atoms with Crippen molar-refractivity contribution in [3.05, 3.63) is 166 Å². The normalized spacial score (nSPS) is 20.3. The van der Waals surface area contributed by atoms with E-state index in [1.54, 1.807) is 0 Å². The van der Waals surface area contributed by atoms with Crippen molar-refractivity contribution in [3.8, 4) is 0 Å². The third kappa shape index (κ3) is 6.72. The van der Waals surface area contributed by atoms with Crippen LogP contribution in [0.5, 0.6) is 0 Å². The Kier molecular flexibility index (Phi) is 9.87. The maximum Gasteiger partial charge on any atom is 0.259 e. The highest BCUT2D eigenvalue weighted by molar-refractivity contribution is 6.39. The number of amides is 2. The Morgan fingerprint density at radius 1 is 0.623 bits per heavy atom. The lowest BCUT2D eigenvalue weighted by Crippen LogP contribution is -2.56. The van der Waals surface area contributed by atoms with E-state index < -0.39 is 65.8 Å². The maximum atomic E-state index is 17.3. The number of hydrogen-bond acceptors (Lipinski definition) is 6. The molecule has 6 aromatic carbocycles. The highest BCUT2D eigenvalue weighted by Crippen LogP contribution is 2.48. The molecule has 2 aromatic heterocycles. The summed E-state index contributed by atoms with van der Waals surface area (Å²) >= 11 is 0. The quantitative estimate of drug-likeness (QED) is 0.0995. The van der Waals surface area contributed by atoms with Crippen molar-refractivity contribution in [2.45, 2.75) is 50.5 Å². The van der Waals surface area contributed by atoms with Crippen molar-refractivity contribution in [3.63, 3.8) is 0 Å². The predicted molar refractivity (Wildman–Crippen MR) is 215 cm³/mol. The molecular weight excluding hydrogens is 798 g/mol. The minimum Gasteiger partial charge on any atom is -0.374 e. The lowest BCUT2D eigenvalue weighted by atomic mass is 9.96. The fourth-order valence-corrected chi connectivity index (χ4v) is 8.62. The van der Waals surface area contributed by atoms with Crippen LogP contribution in [0.15, 0.2) is 115 Å². The standard InChI is InChI=1S/C47H34F5N3O6/c48-29-16-27-33(18-31(29)50)53-41-36(27)38-39(46(57)54-45(38)56)37-28-17-30(49)32(51)19-34(28)55(42(37)41)47-44(60-22-26-14-8-3-9-15-26)43(59-21-25-12-6-2-7-13-25)40(52)35(61-47)23-58-20-24-10-4-1-5-11-24/h1-19,35,40,43-44,47,53H,20-23H2,(H,54,56,57). The molecule has 0 aliphatic carbocycles. The number of benzene rings is 6. The van der Waals surface area contributed by atoms with Gasteiger partial charge in [0, 0.05) is 39.2 Å². The van der Waals surface area contributed by atoms with Gasteiger partial charge in [0.2, 0.25) is 0 Å². The fraction of sp³-hybridized carbons (Fsp3) is 0.191. The second kappa shape index (κ2) is 15.5. The SMILES string of the molecule is O=C1NC(=O)c2c1c1c3cc(F)c(F)cc3[nH]c1c1c2c2cc(F)c(F)cc2n1C1OC(COCc2ccccc2)C(F)C(OCc2ccccc2)C1OCc1ccccc1. The molecule has 0 radical (unpaired) electrons. The molecule has 2 amide bonds. The zero-order valence-electron chi connectivity index (χ0n) is 32.0. The van der Waals surface area contributed by atoms with Crippen LogP contribution in [0.3, 0.4) is 0 Å². The summed E-state index contributed by atoms with van der Waals surface area (Å²) in [5, 5.41) is 2.41. The third-order valence-corrected chi connectivity index (χ3v) is 11.4. The van der Waals surface area contributed by atoms with E-state index in [0.717, 1.165) is 41.0 Å². The first-order valence-corrected chi connectivity index (χ1v) is 19.5. The zero-order chi connectivity index (χ0) is 41.9. The van der Waals surface area contributed by atoms with E-state index in [2.05, 4.69) is 10.3 Å². The van der Waals surface area contributed by atoms with Crippen LogP contribution in [-0.2, 0) is 38.8 Å². The van der Waals surface area contributed by atoms with Crippen molar-refractivity contribution in [1.82, 2.24) is 14.9 Å². The number of ether oxygens (including phenoxy) is 4. The van der Waals surface area contributed by atoms with E-state index in [9.17, 15) is 18.4 Å². The average Bonchev–Trinajstić information content (AvgIpc) is 3.89. The Hall–Kier alpha value is -6.45. The number of carbonyl (C=O) groups excluding carboxylic acids is 2. The molecule has 2 aliphatic rings. The molecule has 10 rings (SSSR count). The number of nitrogens with zero attached hydrogens (tertiary/aromatic N) is 1. The number of nitrogens with one attached hydrogen (secondary N) is 2. The van der Waals surface area contributed by atoms with Crippen molar-refractivity contribution >= 4 is 55.4 Å². The Morgan fingerprint density at radius 2 is 1.15 bits per heavy atom. The lowest BCUT2D eigenvalue weighted by Gasteiger charge is -2.44. The zero-order valence-corrected chi connectivity index (χ0v) is 32.0. The Labute approximate surface area is 343 Å². The molecule has 2 N–H and O–H groups in total. The van der Waals surface area contributed by atoms with Crippen LogP contribution in [0.25, 0.3) is 43.6 Å². The number of imide groups is 1. The minimum absolute atomic E-state index is 0.000620. The van der Waals surface area contributed by atoms with Gasteiger partial charge < -0.3 is 28.5 Å². The lowest BCUT2D eigenvalue weighted by molar-refractivity contribution is -0.264. The summed E-state index contributed by atoms with van der Waals surface area (Å²) in [6.07, 6.45) is -7.37. The van der Waals surface area contributed by atoms with Crippen molar-refractivity contribution in [1.29, 1.82) is 0 Å². The summed E-state index contributed by atoms with van der Waals surface area (Å²) in [4.78, 5) is 30.5. The number of carbonyl (C=O) groups is 2. The van der Waals surface area contributed by atoms with Crippen LogP contribution in [0.2, 0.25) is 0 Å².